The highest BCUT2D eigenvalue weighted by molar-refractivity contribution is 5.93. The van der Waals surface area contributed by atoms with E-state index in [-0.39, 0.29) is 0 Å². The highest BCUT2D eigenvalue weighted by Gasteiger charge is 2.14. The number of hydrogen-bond donors (Lipinski definition) is 1. The van der Waals surface area contributed by atoms with Crippen LogP contribution in [0.5, 0.6) is 5.75 Å². The number of carbonyl (C=O) groups excluding carboxylic acids is 1. The monoisotopic (exact) mass is 281 g/mol. The van der Waals surface area contributed by atoms with Gasteiger partial charge in [-0.15, -0.1) is 0 Å². The van der Waals surface area contributed by atoms with Gasteiger partial charge in [0.15, 0.2) is 0 Å². The van der Waals surface area contributed by atoms with E-state index in [0.29, 0.717) is 49.3 Å². The quantitative estimate of drug-likeness (QED) is 0.450. The van der Waals surface area contributed by atoms with Gasteiger partial charge in [-0.2, -0.15) is 0 Å². The molecule has 0 saturated heterocycles. The van der Waals surface area contributed by atoms with Crippen molar-refractivity contribution in [3.8, 4) is 5.75 Å². The van der Waals surface area contributed by atoms with Crippen molar-refractivity contribution in [2.75, 3.05) is 32.2 Å². The smallest absolute Gasteiger partial charge is 0.341 e. The first-order valence-electron chi connectivity index (χ1n) is 6.81. The molecule has 5 nitrogen and oxygen atoms in total. The maximum atomic E-state index is 11.8. The molecule has 0 heterocycles. The second-order valence-electron chi connectivity index (χ2n) is 4.79. The molecule has 0 aliphatic heterocycles. The van der Waals surface area contributed by atoms with Gasteiger partial charge in [0.2, 0.25) is 0 Å². The van der Waals surface area contributed by atoms with Crippen LogP contribution in [0.25, 0.3) is 0 Å². The zero-order chi connectivity index (χ0) is 15.0. The van der Waals surface area contributed by atoms with Crippen molar-refractivity contribution in [3.63, 3.8) is 0 Å². The van der Waals surface area contributed by atoms with Crippen LogP contribution in [0.15, 0.2) is 18.2 Å². The van der Waals surface area contributed by atoms with Crippen LogP contribution in [0.1, 0.15) is 31.1 Å². The van der Waals surface area contributed by atoms with E-state index in [1.807, 2.05) is 0 Å². The lowest BCUT2D eigenvalue weighted by atomic mass is 10.2. The van der Waals surface area contributed by atoms with Crippen LogP contribution in [-0.2, 0) is 9.47 Å². The number of nitrogen functional groups attached to an aromatic ring is 1. The number of carbonyl (C=O) groups is 1. The Hall–Kier alpha value is -1.75. The molecule has 5 heteroatoms. The van der Waals surface area contributed by atoms with Gasteiger partial charge in [-0.25, -0.2) is 4.79 Å². The molecular formula is C15H23NO4. The zero-order valence-electron chi connectivity index (χ0n) is 12.3. The number of rotatable bonds is 8. The van der Waals surface area contributed by atoms with Gasteiger partial charge >= 0.3 is 5.97 Å². The second-order valence-corrected chi connectivity index (χ2v) is 4.79. The van der Waals surface area contributed by atoms with Crippen molar-refractivity contribution in [1.29, 1.82) is 0 Å². The van der Waals surface area contributed by atoms with Gasteiger partial charge in [0.25, 0.3) is 0 Å². The molecule has 1 aromatic carbocycles. The van der Waals surface area contributed by atoms with E-state index in [4.69, 9.17) is 19.9 Å². The van der Waals surface area contributed by atoms with E-state index in [1.165, 1.54) is 0 Å². The summed E-state index contributed by atoms with van der Waals surface area (Å²) < 4.78 is 16.0. The van der Waals surface area contributed by atoms with Gasteiger partial charge in [0, 0.05) is 18.4 Å². The molecule has 0 fully saturated rings. The normalized spacial score (nSPS) is 10.6. The number of benzene rings is 1. The molecule has 0 unspecified atom stereocenters. The fourth-order valence-electron chi connectivity index (χ4n) is 1.57. The number of ether oxygens (including phenoxy) is 3. The Bertz CT molecular complexity index is 432. The Morgan fingerprint density at radius 2 is 2.05 bits per heavy atom. The van der Waals surface area contributed by atoms with Crippen LogP contribution in [-0.4, -0.2) is 32.4 Å². The maximum Gasteiger partial charge on any atom is 0.341 e. The molecular weight excluding hydrogens is 258 g/mol. The standard InChI is InChI=1S/C15H23NO4/c1-4-19-15(17)13-6-5-12(16)9-14(13)20-8-7-18-10-11(2)3/h5-6,9,11H,4,7-8,10,16H2,1-3H3. The summed E-state index contributed by atoms with van der Waals surface area (Å²) in [5.41, 5.74) is 6.63. The predicted octanol–water partition coefficient (Wildman–Crippen LogP) is 2.50. The molecule has 0 spiro atoms. The molecule has 0 aliphatic rings. The fourth-order valence-corrected chi connectivity index (χ4v) is 1.57. The maximum absolute atomic E-state index is 11.8. The minimum atomic E-state index is -0.411. The Labute approximate surface area is 120 Å². The van der Waals surface area contributed by atoms with Gasteiger partial charge in [-0.3, -0.25) is 0 Å². The van der Waals surface area contributed by atoms with Crippen LogP contribution < -0.4 is 10.5 Å². The van der Waals surface area contributed by atoms with Crippen molar-refractivity contribution >= 4 is 11.7 Å². The number of hydrogen-bond acceptors (Lipinski definition) is 5. The second kappa shape index (κ2) is 8.43. The van der Waals surface area contributed by atoms with E-state index in [0.717, 1.165) is 0 Å². The molecule has 112 valence electrons. The first-order valence-corrected chi connectivity index (χ1v) is 6.81. The number of esters is 1. The lowest BCUT2D eigenvalue weighted by Gasteiger charge is -2.12. The molecule has 1 rings (SSSR count). The van der Waals surface area contributed by atoms with Crippen molar-refractivity contribution in [3.05, 3.63) is 23.8 Å². The third-order valence-electron chi connectivity index (χ3n) is 2.44. The van der Waals surface area contributed by atoms with Gasteiger partial charge in [-0.1, -0.05) is 13.8 Å². The summed E-state index contributed by atoms with van der Waals surface area (Å²) in [5.74, 6) is 0.500. The molecule has 0 aromatic heterocycles. The molecule has 2 N–H and O–H groups in total. The van der Waals surface area contributed by atoms with E-state index in [1.54, 1.807) is 25.1 Å². The first-order chi connectivity index (χ1) is 9.54. The Kier molecular flexibility index (Phi) is 6.87. The molecule has 0 atom stereocenters. The summed E-state index contributed by atoms with van der Waals surface area (Å²) in [5, 5.41) is 0. The molecule has 0 radical (unpaired) electrons. The summed E-state index contributed by atoms with van der Waals surface area (Å²) in [6, 6.07) is 4.88. The summed E-state index contributed by atoms with van der Waals surface area (Å²) in [6.45, 7) is 7.76. The minimum absolute atomic E-state index is 0.320. The van der Waals surface area contributed by atoms with Gasteiger partial charge in [0.05, 0.1) is 13.2 Å². The SMILES string of the molecule is CCOC(=O)c1ccc(N)cc1OCCOCC(C)C. The van der Waals surface area contributed by atoms with E-state index >= 15 is 0 Å². The van der Waals surface area contributed by atoms with Crippen LogP contribution in [0.4, 0.5) is 5.69 Å². The predicted molar refractivity (Wildman–Crippen MR) is 78.0 cm³/mol. The molecule has 0 bridgehead atoms. The topological polar surface area (TPSA) is 70.8 Å². The Morgan fingerprint density at radius 1 is 1.30 bits per heavy atom. The van der Waals surface area contributed by atoms with Crippen LogP contribution in [0, 0.1) is 5.92 Å². The average Bonchev–Trinajstić information content (AvgIpc) is 2.38. The lowest BCUT2D eigenvalue weighted by Crippen LogP contribution is -2.13. The molecule has 1 aromatic rings. The van der Waals surface area contributed by atoms with E-state index < -0.39 is 5.97 Å². The average molecular weight is 281 g/mol. The number of anilines is 1. The van der Waals surface area contributed by atoms with Crippen LogP contribution >= 0.6 is 0 Å². The fraction of sp³-hybridized carbons (Fsp3) is 0.533. The van der Waals surface area contributed by atoms with Crippen molar-refractivity contribution < 1.29 is 19.0 Å². The largest absolute Gasteiger partial charge is 0.490 e. The van der Waals surface area contributed by atoms with Crippen molar-refractivity contribution in [2.24, 2.45) is 5.92 Å². The van der Waals surface area contributed by atoms with Crippen molar-refractivity contribution in [1.82, 2.24) is 0 Å². The summed E-state index contributed by atoms with van der Waals surface area (Å²) in [6.07, 6.45) is 0. The summed E-state index contributed by atoms with van der Waals surface area (Å²) in [7, 11) is 0. The summed E-state index contributed by atoms with van der Waals surface area (Å²) in [4.78, 5) is 11.8. The first kappa shape index (κ1) is 16.3. The third-order valence-corrected chi connectivity index (χ3v) is 2.44. The van der Waals surface area contributed by atoms with Crippen LogP contribution in [0.3, 0.4) is 0 Å². The Balaban J connectivity index is 2.58. The van der Waals surface area contributed by atoms with E-state index in [2.05, 4.69) is 13.8 Å². The molecule has 20 heavy (non-hydrogen) atoms. The molecule has 0 saturated carbocycles. The van der Waals surface area contributed by atoms with Crippen LogP contribution in [0.2, 0.25) is 0 Å². The Morgan fingerprint density at radius 3 is 2.70 bits per heavy atom. The molecule has 0 amide bonds. The molecule has 0 aliphatic carbocycles. The lowest BCUT2D eigenvalue weighted by molar-refractivity contribution is 0.0515. The van der Waals surface area contributed by atoms with Gasteiger partial charge in [-0.05, 0) is 25.0 Å². The van der Waals surface area contributed by atoms with Gasteiger partial charge < -0.3 is 19.9 Å². The zero-order valence-corrected chi connectivity index (χ0v) is 12.3. The van der Waals surface area contributed by atoms with Gasteiger partial charge in [0.1, 0.15) is 17.9 Å². The highest BCUT2D eigenvalue weighted by atomic mass is 16.5. The van der Waals surface area contributed by atoms with Crippen molar-refractivity contribution in [2.45, 2.75) is 20.8 Å². The number of nitrogens with two attached hydrogens (primary N) is 1. The highest BCUT2D eigenvalue weighted by Crippen LogP contribution is 2.22. The minimum Gasteiger partial charge on any atom is -0.490 e. The summed E-state index contributed by atoms with van der Waals surface area (Å²) >= 11 is 0. The third kappa shape index (κ3) is 5.48. The van der Waals surface area contributed by atoms with E-state index in [9.17, 15) is 4.79 Å².